The second-order valence-electron chi connectivity index (χ2n) is 14.4. The quantitative estimate of drug-likeness (QED) is 0.0237. The number of phosphoric ester groups is 1. The van der Waals surface area contributed by atoms with Gasteiger partial charge in [-0.05, 0) is 32.1 Å². The first-order chi connectivity index (χ1) is 24.8. The fraction of sp³-hybridized carbons (Fsp3) is 0.878. The predicted octanol–water partition coefficient (Wildman–Crippen LogP) is 10.4. The minimum Gasteiger partial charge on any atom is -0.393 e. The van der Waals surface area contributed by atoms with Crippen molar-refractivity contribution in [3.63, 3.8) is 0 Å². The molecule has 0 aromatic carbocycles. The Morgan fingerprint density at radius 2 is 1.12 bits per heavy atom. The number of aliphatic hydroxyl groups excluding tert-OH is 2. The van der Waals surface area contributed by atoms with Gasteiger partial charge in [0.1, 0.15) is 0 Å². The molecule has 0 saturated carbocycles. The summed E-state index contributed by atoms with van der Waals surface area (Å²) in [6.07, 6.45) is 38.3. The smallest absolute Gasteiger partial charge is 0.393 e. The van der Waals surface area contributed by atoms with Gasteiger partial charge in [-0.3, -0.25) is 13.8 Å². The third-order valence-corrected chi connectivity index (χ3v) is 10.3. The van der Waals surface area contributed by atoms with Gasteiger partial charge in [0.2, 0.25) is 5.91 Å². The summed E-state index contributed by atoms with van der Waals surface area (Å²) >= 11 is 0. The molecule has 0 radical (unpaired) electrons. The fourth-order valence-electron chi connectivity index (χ4n) is 6.13. The molecule has 6 N–H and O–H groups in total. The van der Waals surface area contributed by atoms with Crippen LogP contribution in [0.3, 0.4) is 0 Å². The van der Waals surface area contributed by atoms with Crippen LogP contribution in [0.1, 0.15) is 194 Å². The Balaban J connectivity index is 4.38. The van der Waals surface area contributed by atoms with Crippen LogP contribution in [0.4, 0.5) is 0 Å². The van der Waals surface area contributed by atoms with Crippen LogP contribution in [0, 0.1) is 0 Å². The van der Waals surface area contributed by atoms with Crippen LogP contribution in [-0.2, 0) is 18.4 Å². The summed E-state index contributed by atoms with van der Waals surface area (Å²) in [4.78, 5) is 22.7. The van der Waals surface area contributed by atoms with E-state index in [4.69, 9.17) is 14.8 Å². The lowest BCUT2D eigenvalue weighted by Crippen LogP contribution is -2.46. The topological polar surface area (TPSA) is 151 Å². The summed E-state index contributed by atoms with van der Waals surface area (Å²) < 4.78 is 22.0. The molecular weight excluding hydrogens is 663 g/mol. The molecule has 4 atom stereocenters. The van der Waals surface area contributed by atoms with Gasteiger partial charge in [-0.2, -0.15) is 0 Å². The van der Waals surface area contributed by atoms with Crippen LogP contribution in [0.15, 0.2) is 24.3 Å². The predicted molar refractivity (Wildman–Crippen MR) is 214 cm³/mol. The van der Waals surface area contributed by atoms with Gasteiger partial charge in [0.25, 0.3) is 0 Å². The van der Waals surface area contributed by atoms with E-state index in [1.54, 1.807) is 6.08 Å². The number of hydrogen-bond donors (Lipinski definition) is 5. The Kier molecular flexibility index (Phi) is 36.5. The van der Waals surface area contributed by atoms with E-state index < -0.39 is 38.6 Å². The first kappa shape index (κ1) is 49.9. The lowest BCUT2D eigenvalue weighted by Gasteiger charge is -2.24. The molecule has 0 aliphatic rings. The molecular formula is C41H81N2O7P. The minimum absolute atomic E-state index is 0.0459. The van der Waals surface area contributed by atoms with Crippen LogP contribution in [0.5, 0.6) is 0 Å². The highest BCUT2D eigenvalue weighted by atomic mass is 31.2. The van der Waals surface area contributed by atoms with Gasteiger partial charge in [-0.1, -0.05) is 179 Å². The summed E-state index contributed by atoms with van der Waals surface area (Å²) in [5.74, 6) is -0.455. The van der Waals surface area contributed by atoms with Gasteiger partial charge in [-0.25, -0.2) is 4.57 Å². The zero-order chi connectivity index (χ0) is 37.7. The van der Waals surface area contributed by atoms with Crippen molar-refractivity contribution in [2.75, 3.05) is 19.8 Å². The van der Waals surface area contributed by atoms with Gasteiger partial charge >= 0.3 is 7.82 Å². The Morgan fingerprint density at radius 3 is 1.63 bits per heavy atom. The highest BCUT2D eigenvalue weighted by Crippen LogP contribution is 2.43. The van der Waals surface area contributed by atoms with Crippen molar-refractivity contribution in [1.82, 2.24) is 5.32 Å². The highest BCUT2D eigenvalue weighted by molar-refractivity contribution is 7.47. The van der Waals surface area contributed by atoms with E-state index in [1.165, 1.54) is 128 Å². The lowest BCUT2D eigenvalue weighted by atomic mass is 10.0. The average Bonchev–Trinajstić information content (AvgIpc) is 3.10. The Bertz CT molecular complexity index is 873. The fourth-order valence-corrected chi connectivity index (χ4v) is 6.89. The molecule has 1 amide bonds. The van der Waals surface area contributed by atoms with Gasteiger partial charge in [0.05, 0.1) is 37.9 Å². The van der Waals surface area contributed by atoms with Crippen LogP contribution in [0.25, 0.3) is 0 Å². The Morgan fingerprint density at radius 1 is 0.667 bits per heavy atom. The largest absolute Gasteiger partial charge is 0.472 e. The molecule has 0 spiro atoms. The van der Waals surface area contributed by atoms with Crippen molar-refractivity contribution in [1.29, 1.82) is 0 Å². The Labute approximate surface area is 313 Å². The first-order valence-corrected chi connectivity index (χ1v) is 22.5. The number of phosphoric acid groups is 1. The zero-order valence-electron chi connectivity index (χ0n) is 33.0. The third-order valence-electron chi connectivity index (χ3n) is 9.33. The monoisotopic (exact) mass is 745 g/mol. The van der Waals surface area contributed by atoms with Crippen molar-refractivity contribution >= 4 is 13.7 Å². The Hall–Kier alpha value is -1.06. The molecule has 0 bridgehead atoms. The summed E-state index contributed by atoms with van der Waals surface area (Å²) in [5.41, 5.74) is 5.35. The van der Waals surface area contributed by atoms with E-state index in [2.05, 4.69) is 31.3 Å². The maximum absolute atomic E-state index is 12.8. The summed E-state index contributed by atoms with van der Waals surface area (Å²) in [6.45, 7) is 3.94. The van der Waals surface area contributed by atoms with Gasteiger partial charge < -0.3 is 26.2 Å². The standard InChI is InChI=1S/C41H81N2O7P/c1-3-5-7-9-11-13-15-17-19-20-22-24-26-28-30-32-38(44)36-41(46)43-39(37-50-51(47,48)49-35-34-42)40(45)33-31-29-27-25-23-21-18-16-14-12-10-8-6-4-2/h23,25,31,33,38-40,44-45H,3-22,24,26-30,32,34-37,42H2,1-2H3,(H,43,46)(H,47,48)/b25-23+,33-31+. The van der Waals surface area contributed by atoms with Crippen LogP contribution < -0.4 is 11.1 Å². The molecule has 51 heavy (non-hydrogen) atoms. The average molecular weight is 745 g/mol. The summed E-state index contributed by atoms with van der Waals surface area (Å²) in [7, 11) is -4.40. The molecule has 9 nitrogen and oxygen atoms in total. The highest BCUT2D eigenvalue weighted by Gasteiger charge is 2.27. The molecule has 302 valence electrons. The van der Waals surface area contributed by atoms with Crippen molar-refractivity contribution in [2.24, 2.45) is 5.73 Å². The van der Waals surface area contributed by atoms with Crippen LogP contribution in [-0.4, -0.2) is 59.0 Å². The number of nitrogens with two attached hydrogens (primary N) is 1. The van der Waals surface area contributed by atoms with Gasteiger partial charge in [0, 0.05) is 6.54 Å². The summed E-state index contributed by atoms with van der Waals surface area (Å²) in [6, 6.07) is -0.994. The molecule has 10 heteroatoms. The van der Waals surface area contributed by atoms with Gasteiger partial charge in [-0.15, -0.1) is 0 Å². The molecule has 0 saturated heterocycles. The van der Waals surface area contributed by atoms with E-state index in [1.807, 2.05) is 6.08 Å². The molecule has 0 heterocycles. The SMILES string of the molecule is CCCCCCCCCC/C=C/CC/C=C/C(O)C(COP(=O)(O)OCCN)NC(=O)CC(O)CCCCCCCCCCCCCCCCC. The molecule has 0 aromatic heterocycles. The van der Waals surface area contributed by atoms with Crippen molar-refractivity contribution in [2.45, 2.75) is 212 Å². The number of carbonyl (C=O) groups excluding carboxylic acids is 1. The molecule has 0 fully saturated rings. The molecule has 0 aliphatic heterocycles. The molecule has 4 unspecified atom stereocenters. The number of allylic oxidation sites excluding steroid dienone is 3. The number of nitrogens with one attached hydrogen (secondary N) is 1. The maximum atomic E-state index is 12.8. The first-order valence-electron chi connectivity index (χ1n) is 21.0. The van der Waals surface area contributed by atoms with E-state index in [9.17, 15) is 24.5 Å². The molecule has 0 aliphatic carbocycles. The number of rotatable bonds is 39. The van der Waals surface area contributed by atoms with Crippen molar-refractivity contribution < 1.29 is 33.5 Å². The van der Waals surface area contributed by atoms with Crippen LogP contribution >= 0.6 is 7.82 Å². The number of hydrogen-bond acceptors (Lipinski definition) is 7. The van der Waals surface area contributed by atoms with Crippen molar-refractivity contribution in [3.8, 4) is 0 Å². The number of carbonyl (C=O) groups is 1. The summed E-state index contributed by atoms with van der Waals surface area (Å²) in [5, 5.41) is 24.0. The molecule has 0 rings (SSSR count). The third kappa shape index (κ3) is 35.7. The van der Waals surface area contributed by atoms with Crippen molar-refractivity contribution in [3.05, 3.63) is 24.3 Å². The van der Waals surface area contributed by atoms with E-state index in [0.29, 0.717) is 12.8 Å². The zero-order valence-corrected chi connectivity index (χ0v) is 33.9. The molecule has 0 aromatic rings. The number of unbranched alkanes of at least 4 members (excludes halogenated alkanes) is 23. The second kappa shape index (κ2) is 37.3. The van der Waals surface area contributed by atoms with E-state index in [0.717, 1.165) is 32.1 Å². The minimum atomic E-state index is -4.40. The normalized spacial score (nSPS) is 15.0. The number of aliphatic hydroxyl groups is 2. The number of amides is 1. The van der Waals surface area contributed by atoms with E-state index in [-0.39, 0.29) is 19.6 Å². The second-order valence-corrected chi connectivity index (χ2v) is 15.8. The van der Waals surface area contributed by atoms with E-state index >= 15 is 0 Å². The lowest BCUT2D eigenvalue weighted by molar-refractivity contribution is -0.124. The maximum Gasteiger partial charge on any atom is 0.472 e. The van der Waals surface area contributed by atoms with Crippen LogP contribution in [0.2, 0.25) is 0 Å². The van der Waals surface area contributed by atoms with Gasteiger partial charge in [0.15, 0.2) is 0 Å².